The fraction of sp³-hybridized carbons (Fsp3) is 0.381. The summed E-state index contributed by atoms with van der Waals surface area (Å²) in [4.78, 5) is 14.6. The van der Waals surface area contributed by atoms with Gasteiger partial charge in [0.05, 0.1) is 47.1 Å². The van der Waals surface area contributed by atoms with E-state index in [1.807, 2.05) is 13.0 Å². The highest BCUT2D eigenvalue weighted by Crippen LogP contribution is 2.33. The maximum Gasteiger partial charge on any atom is 0.328 e. The number of hydrogen-bond donors (Lipinski definition) is 1. The van der Waals surface area contributed by atoms with E-state index in [0.717, 1.165) is 5.52 Å². The summed E-state index contributed by atoms with van der Waals surface area (Å²) in [5.41, 5.74) is 2.34. The van der Waals surface area contributed by atoms with Crippen molar-refractivity contribution in [1.29, 1.82) is 0 Å². The second-order valence-electron chi connectivity index (χ2n) is 7.37. The third-order valence-corrected chi connectivity index (χ3v) is 6.81. The molecular weight excluding hydrogens is 420 g/mol. The van der Waals surface area contributed by atoms with Crippen LogP contribution in [0.25, 0.3) is 11.0 Å². The number of nitrogens with zero attached hydrogens (tertiary/aromatic N) is 3. The van der Waals surface area contributed by atoms with Gasteiger partial charge in [0.25, 0.3) is 10.0 Å². The van der Waals surface area contributed by atoms with Gasteiger partial charge in [-0.3, -0.25) is 13.9 Å². The molecule has 9 nitrogen and oxygen atoms in total. The van der Waals surface area contributed by atoms with Crippen molar-refractivity contribution in [3.63, 3.8) is 0 Å². The van der Waals surface area contributed by atoms with Crippen molar-refractivity contribution in [2.45, 2.75) is 11.8 Å². The number of aryl methyl sites for hydroxylation is 2. The van der Waals surface area contributed by atoms with Crippen molar-refractivity contribution in [1.82, 2.24) is 9.13 Å². The molecule has 0 atom stereocenters. The van der Waals surface area contributed by atoms with E-state index in [2.05, 4.69) is 9.62 Å². The van der Waals surface area contributed by atoms with E-state index in [9.17, 15) is 13.2 Å². The topological polar surface area (TPSA) is 94.8 Å². The van der Waals surface area contributed by atoms with Crippen molar-refractivity contribution in [3.05, 3.63) is 46.9 Å². The number of aromatic nitrogens is 2. The van der Waals surface area contributed by atoms with Gasteiger partial charge in [-0.05, 0) is 43.3 Å². The number of hydrogen-bond acceptors (Lipinski definition) is 6. The summed E-state index contributed by atoms with van der Waals surface area (Å²) in [5, 5.41) is 0. The van der Waals surface area contributed by atoms with Crippen LogP contribution in [0.1, 0.15) is 6.92 Å². The molecule has 1 aliphatic heterocycles. The summed E-state index contributed by atoms with van der Waals surface area (Å²) in [7, 11) is -0.472. The van der Waals surface area contributed by atoms with Crippen molar-refractivity contribution in [2.24, 2.45) is 14.1 Å². The van der Waals surface area contributed by atoms with Crippen LogP contribution < -0.4 is 20.0 Å². The number of sulfonamides is 1. The number of morpholine rings is 1. The highest BCUT2D eigenvalue weighted by molar-refractivity contribution is 7.92. The maximum absolute atomic E-state index is 13.1. The molecule has 2 aromatic carbocycles. The molecule has 1 N–H and O–H groups in total. The molecule has 0 saturated carbocycles. The Morgan fingerprint density at radius 3 is 2.26 bits per heavy atom. The first-order chi connectivity index (χ1) is 14.8. The zero-order chi connectivity index (χ0) is 22.2. The Labute approximate surface area is 180 Å². The highest BCUT2D eigenvalue weighted by Gasteiger charge is 2.23. The number of rotatable bonds is 6. The normalized spacial score (nSPS) is 14.7. The number of anilines is 2. The first-order valence-electron chi connectivity index (χ1n) is 10.1. The quantitative estimate of drug-likeness (QED) is 0.622. The van der Waals surface area contributed by atoms with Crippen LogP contribution >= 0.6 is 0 Å². The molecular formula is C21H26N4O5S. The molecule has 0 aliphatic carbocycles. The average Bonchev–Trinajstić information content (AvgIpc) is 2.98. The minimum Gasteiger partial charge on any atom is -0.494 e. The molecule has 1 aliphatic rings. The van der Waals surface area contributed by atoms with Crippen LogP contribution in [0.4, 0.5) is 11.4 Å². The first-order valence-corrected chi connectivity index (χ1v) is 11.6. The number of benzene rings is 2. The molecule has 1 saturated heterocycles. The molecule has 1 aromatic heterocycles. The molecule has 0 spiro atoms. The predicted molar refractivity (Wildman–Crippen MR) is 120 cm³/mol. The van der Waals surface area contributed by atoms with E-state index in [-0.39, 0.29) is 10.6 Å². The number of nitrogens with one attached hydrogen (secondary N) is 1. The molecule has 2 heterocycles. The Kier molecular flexibility index (Phi) is 5.67. The van der Waals surface area contributed by atoms with Gasteiger partial charge < -0.3 is 14.4 Å². The lowest BCUT2D eigenvalue weighted by Crippen LogP contribution is -2.36. The van der Waals surface area contributed by atoms with E-state index < -0.39 is 10.0 Å². The van der Waals surface area contributed by atoms with E-state index in [4.69, 9.17) is 9.47 Å². The SMILES string of the molecule is CCOc1ccc(S(=O)(=O)Nc2cc3c(cc2N2CCOCC2)n(C)c(=O)n3C)cc1. The molecule has 0 amide bonds. The lowest BCUT2D eigenvalue weighted by molar-refractivity contribution is 0.123. The second-order valence-corrected chi connectivity index (χ2v) is 9.05. The standard InChI is InChI=1S/C21H26N4O5S/c1-4-30-15-5-7-16(8-6-15)31(27,28)22-17-13-19-20(24(3)21(26)23(19)2)14-18(17)25-9-11-29-12-10-25/h5-8,13-14,22H,4,9-12H2,1-3H3. The molecule has 4 rings (SSSR count). The van der Waals surface area contributed by atoms with Gasteiger partial charge in [0.1, 0.15) is 5.75 Å². The fourth-order valence-electron chi connectivity index (χ4n) is 3.77. The Bertz CT molecular complexity index is 1260. The Balaban J connectivity index is 1.79. The van der Waals surface area contributed by atoms with Crippen LogP contribution in [0.5, 0.6) is 5.75 Å². The van der Waals surface area contributed by atoms with Crippen LogP contribution in [0, 0.1) is 0 Å². The minimum absolute atomic E-state index is 0.130. The zero-order valence-corrected chi connectivity index (χ0v) is 18.6. The van der Waals surface area contributed by atoms with E-state index >= 15 is 0 Å². The van der Waals surface area contributed by atoms with Crippen LogP contribution in [-0.2, 0) is 28.9 Å². The molecule has 1 fully saturated rings. The largest absolute Gasteiger partial charge is 0.494 e. The number of fused-ring (bicyclic) bond motifs is 1. The van der Waals surface area contributed by atoms with Crippen molar-refractivity contribution >= 4 is 32.4 Å². The van der Waals surface area contributed by atoms with Gasteiger partial charge in [-0.1, -0.05) is 0 Å². The zero-order valence-electron chi connectivity index (χ0n) is 17.8. The Hall–Kier alpha value is -2.98. The highest BCUT2D eigenvalue weighted by atomic mass is 32.2. The molecule has 166 valence electrons. The van der Waals surface area contributed by atoms with Crippen LogP contribution in [0.2, 0.25) is 0 Å². The van der Waals surface area contributed by atoms with Crippen molar-refractivity contribution in [2.75, 3.05) is 42.5 Å². The second kappa shape index (κ2) is 8.27. The molecule has 3 aromatic rings. The monoisotopic (exact) mass is 446 g/mol. The summed E-state index contributed by atoms with van der Waals surface area (Å²) in [6.45, 7) is 4.73. The van der Waals surface area contributed by atoms with E-state index in [1.165, 1.54) is 16.7 Å². The summed E-state index contributed by atoms with van der Waals surface area (Å²) < 4.78 is 42.9. The summed E-state index contributed by atoms with van der Waals surface area (Å²) in [5.74, 6) is 0.608. The fourth-order valence-corrected chi connectivity index (χ4v) is 4.83. The van der Waals surface area contributed by atoms with Crippen LogP contribution in [-0.4, -0.2) is 50.5 Å². The third-order valence-electron chi connectivity index (χ3n) is 5.43. The van der Waals surface area contributed by atoms with Gasteiger partial charge in [-0.2, -0.15) is 0 Å². The van der Waals surface area contributed by atoms with Gasteiger partial charge in [0.2, 0.25) is 0 Å². The van der Waals surface area contributed by atoms with Crippen LogP contribution in [0.15, 0.2) is 46.1 Å². The van der Waals surface area contributed by atoms with Gasteiger partial charge >= 0.3 is 5.69 Å². The summed E-state index contributed by atoms with van der Waals surface area (Å²) in [6, 6.07) is 9.86. The first kappa shape index (κ1) is 21.3. The average molecular weight is 447 g/mol. The lowest BCUT2D eigenvalue weighted by Gasteiger charge is -2.30. The Morgan fingerprint density at radius 2 is 1.65 bits per heavy atom. The summed E-state index contributed by atoms with van der Waals surface area (Å²) >= 11 is 0. The molecule has 0 radical (unpaired) electrons. The smallest absolute Gasteiger partial charge is 0.328 e. The maximum atomic E-state index is 13.1. The lowest BCUT2D eigenvalue weighted by atomic mass is 10.2. The molecule has 0 bridgehead atoms. The van der Waals surface area contributed by atoms with E-state index in [0.29, 0.717) is 55.6 Å². The number of imidazole rings is 1. The number of ether oxygens (including phenoxy) is 2. The van der Waals surface area contributed by atoms with Gasteiger partial charge in [0.15, 0.2) is 0 Å². The van der Waals surface area contributed by atoms with Gasteiger partial charge in [0, 0.05) is 27.2 Å². The van der Waals surface area contributed by atoms with Crippen molar-refractivity contribution in [3.8, 4) is 5.75 Å². The molecule has 10 heteroatoms. The minimum atomic E-state index is -3.85. The Morgan fingerprint density at radius 1 is 1.03 bits per heavy atom. The van der Waals surface area contributed by atoms with E-state index in [1.54, 1.807) is 36.9 Å². The predicted octanol–water partition coefficient (Wildman–Crippen LogP) is 1.91. The molecule has 31 heavy (non-hydrogen) atoms. The summed E-state index contributed by atoms with van der Waals surface area (Å²) in [6.07, 6.45) is 0. The third kappa shape index (κ3) is 4.00. The van der Waals surface area contributed by atoms with Crippen LogP contribution in [0.3, 0.4) is 0 Å². The molecule has 0 unspecified atom stereocenters. The van der Waals surface area contributed by atoms with Gasteiger partial charge in [-0.25, -0.2) is 13.2 Å². The van der Waals surface area contributed by atoms with Gasteiger partial charge in [-0.15, -0.1) is 0 Å². The van der Waals surface area contributed by atoms with Crippen molar-refractivity contribution < 1.29 is 17.9 Å².